The fraction of sp³-hybridized carbons (Fsp3) is 0.160. The molecular weight excluding hydrogens is 455 g/mol. The summed E-state index contributed by atoms with van der Waals surface area (Å²) in [6.45, 7) is 6.30. The maximum atomic E-state index is 2.35. The molecular formula is C25H25IN2. The first-order valence-corrected chi connectivity index (χ1v) is 9.66. The molecule has 2 aromatic carbocycles. The zero-order chi connectivity index (χ0) is 18.6. The minimum atomic E-state index is 0. The van der Waals surface area contributed by atoms with Gasteiger partial charge in [0.25, 0.3) is 0 Å². The first-order chi connectivity index (χ1) is 13.3. The van der Waals surface area contributed by atoms with Crippen molar-refractivity contribution in [2.45, 2.75) is 20.4 Å². The SMILES string of the molecule is CCN1/C(=C/C=C/c2cc[n+](CC)c3ccccc23)C=Cc2ccccc21.[I-]. The molecule has 0 unspecified atom stereocenters. The summed E-state index contributed by atoms with van der Waals surface area (Å²) in [5.41, 5.74) is 6.29. The Morgan fingerprint density at radius 2 is 1.71 bits per heavy atom. The number of para-hydroxylation sites is 2. The van der Waals surface area contributed by atoms with Crippen molar-refractivity contribution in [2.75, 3.05) is 11.4 Å². The van der Waals surface area contributed by atoms with E-state index in [1.807, 2.05) is 0 Å². The van der Waals surface area contributed by atoms with Crippen molar-refractivity contribution in [3.8, 4) is 0 Å². The zero-order valence-corrected chi connectivity index (χ0v) is 18.5. The third kappa shape index (κ3) is 3.90. The van der Waals surface area contributed by atoms with E-state index in [4.69, 9.17) is 0 Å². The summed E-state index contributed by atoms with van der Waals surface area (Å²) in [4.78, 5) is 2.35. The van der Waals surface area contributed by atoms with Gasteiger partial charge in [-0.1, -0.05) is 48.6 Å². The molecule has 0 atom stereocenters. The largest absolute Gasteiger partial charge is 1.00 e. The van der Waals surface area contributed by atoms with Crippen LogP contribution in [0.4, 0.5) is 5.69 Å². The molecule has 3 heteroatoms. The van der Waals surface area contributed by atoms with Gasteiger partial charge in [-0.25, -0.2) is 0 Å². The van der Waals surface area contributed by atoms with Crippen molar-refractivity contribution in [3.63, 3.8) is 0 Å². The molecule has 142 valence electrons. The molecule has 2 nitrogen and oxygen atoms in total. The van der Waals surface area contributed by atoms with Crippen LogP contribution in [-0.4, -0.2) is 6.54 Å². The van der Waals surface area contributed by atoms with Crippen LogP contribution in [-0.2, 0) is 6.54 Å². The van der Waals surface area contributed by atoms with Crippen LogP contribution in [0.25, 0.3) is 23.1 Å². The first kappa shape index (κ1) is 20.3. The number of allylic oxidation sites excluding steroid dienone is 3. The lowest BCUT2D eigenvalue weighted by Crippen LogP contribution is -3.00. The van der Waals surface area contributed by atoms with Gasteiger partial charge in [0, 0.05) is 30.1 Å². The minimum absolute atomic E-state index is 0. The average molecular weight is 480 g/mol. The minimum Gasteiger partial charge on any atom is -1.00 e. The Morgan fingerprint density at radius 1 is 0.929 bits per heavy atom. The quantitative estimate of drug-likeness (QED) is 0.412. The van der Waals surface area contributed by atoms with E-state index in [0.29, 0.717) is 0 Å². The number of hydrogen-bond donors (Lipinski definition) is 0. The van der Waals surface area contributed by atoms with E-state index in [1.54, 1.807) is 0 Å². The number of likely N-dealkylation sites (N-methyl/N-ethyl adjacent to an activating group) is 1. The third-order valence-corrected chi connectivity index (χ3v) is 5.13. The molecule has 0 amide bonds. The lowest BCUT2D eigenvalue weighted by Gasteiger charge is -2.29. The van der Waals surface area contributed by atoms with Gasteiger partial charge in [0.05, 0.1) is 5.39 Å². The molecule has 28 heavy (non-hydrogen) atoms. The van der Waals surface area contributed by atoms with Crippen molar-refractivity contribution in [1.29, 1.82) is 0 Å². The van der Waals surface area contributed by atoms with Crippen molar-refractivity contribution in [1.82, 2.24) is 0 Å². The first-order valence-electron chi connectivity index (χ1n) is 9.66. The zero-order valence-electron chi connectivity index (χ0n) is 16.3. The van der Waals surface area contributed by atoms with Crippen LogP contribution in [0.5, 0.6) is 0 Å². The molecule has 2 heterocycles. The lowest BCUT2D eigenvalue weighted by atomic mass is 10.1. The Kier molecular flexibility index (Phi) is 6.68. The van der Waals surface area contributed by atoms with Crippen LogP contribution >= 0.6 is 0 Å². The molecule has 0 aliphatic carbocycles. The number of fused-ring (bicyclic) bond motifs is 2. The standard InChI is InChI=1S/C25H25N2.HI/c1-3-26-19-18-20(23-13-6-8-15-25(23)26)11-9-12-22-17-16-21-10-5-7-14-24(21)27(22)4-2;/h5-19H,3-4H2,1-2H3;1H/q+1;/p-1. The number of aromatic nitrogens is 1. The topological polar surface area (TPSA) is 7.12 Å². The molecule has 1 aromatic heterocycles. The Morgan fingerprint density at radius 3 is 2.54 bits per heavy atom. The van der Waals surface area contributed by atoms with Gasteiger partial charge in [0.1, 0.15) is 6.54 Å². The summed E-state index contributed by atoms with van der Waals surface area (Å²) in [5.74, 6) is 0. The van der Waals surface area contributed by atoms with E-state index < -0.39 is 0 Å². The van der Waals surface area contributed by atoms with Gasteiger partial charge in [-0.15, -0.1) is 0 Å². The third-order valence-electron chi connectivity index (χ3n) is 5.13. The van der Waals surface area contributed by atoms with Gasteiger partial charge in [0.15, 0.2) is 6.20 Å². The van der Waals surface area contributed by atoms with Gasteiger partial charge in [0.2, 0.25) is 5.52 Å². The van der Waals surface area contributed by atoms with E-state index >= 15 is 0 Å². The summed E-state index contributed by atoms with van der Waals surface area (Å²) in [7, 11) is 0. The predicted molar refractivity (Wildman–Crippen MR) is 115 cm³/mol. The second-order valence-corrected chi connectivity index (χ2v) is 6.66. The highest BCUT2D eigenvalue weighted by Gasteiger charge is 2.14. The van der Waals surface area contributed by atoms with Gasteiger partial charge in [-0.3, -0.25) is 0 Å². The Balaban J connectivity index is 0.00000225. The number of nitrogens with zero attached hydrogens (tertiary/aromatic N) is 2. The van der Waals surface area contributed by atoms with E-state index in [2.05, 4.69) is 114 Å². The van der Waals surface area contributed by atoms with Gasteiger partial charge >= 0.3 is 0 Å². The van der Waals surface area contributed by atoms with Crippen molar-refractivity contribution < 1.29 is 28.5 Å². The number of rotatable bonds is 4. The van der Waals surface area contributed by atoms with Crippen LogP contribution in [0.3, 0.4) is 0 Å². The molecule has 1 aliphatic rings. The molecule has 1 aliphatic heterocycles. The van der Waals surface area contributed by atoms with E-state index in [0.717, 1.165) is 13.1 Å². The maximum Gasteiger partial charge on any atom is 0.213 e. The molecule has 0 radical (unpaired) electrons. The fourth-order valence-corrected chi connectivity index (χ4v) is 3.76. The monoisotopic (exact) mass is 480 g/mol. The van der Waals surface area contributed by atoms with Gasteiger partial charge in [-0.05, 0) is 49.3 Å². The molecule has 0 saturated heterocycles. The second kappa shape index (κ2) is 9.20. The summed E-state index contributed by atoms with van der Waals surface area (Å²) in [6.07, 6.45) is 13.1. The molecule has 0 N–H and O–H groups in total. The number of halogens is 1. The second-order valence-electron chi connectivity index (χ2n) is 6.66. The van der Waals surface area contributed by atoms with E-state index in [-0.39, 0.29) is 24.0 Å². The molecule has 3 aromatic rings. The number of hydrogen-bond acceptors (Lipinski definition) is 1. The number of benzene rings is 2. The Labute approximate surface area is 184 Å². The fourth-order valence-electron chi connectivity index (χ4n) is 3.76. The van der Waals surface area contributed by atoms with E-state index in [9.17, 15) is 0 Å². The highest BCUT2D eigenvalue weighted by atomic mass is 127. The highest BCUT2D eigenvalue weighted by Crippen LogP contribution is 2.30. The molecule has 4 rings (SSSR count). The smallest absolute Gasteiger partial charge is 0.213 e. The highest BCUT2D eigenvalue weighted by molar-refractivity contribution is 5.85. The average Bonchev–Trinajstić information content (AvgIpc) is 2.73. The molecule has 0 fully saturated rings. The maximum absolute atomic E-state index is 2.35. The van der Waals surface area contributed by atoms with E-state index in [1.165, 1.54) is 33.4 Å². The van der Waals surface area contributed by atoms with Crippen molar-refractivity contribution in [2.24, 2.45) is 0 Å². The molecule has 0 saturated carbocycles. The molecule has 0 spiro atoms. The van der Waals surface area contributed by atoms with Crippen LogP contribution in [0.15, 0.2) is 84.7 Å². The lowest BCUT2D eigenvalue weighted by molar-refractivity contribution is -0.667. The molecule has 0 bridgehead atoms. The van der Waals surface area contributed by atoms with Crippen molar-refractivity contribution in [3.05, 3.63) is 95.8 Å². The number of aryl methyl sites for hydroxylation is 1. The summed E-state index contributed by atoms with van der Waals surface area (Å²) in [6, 6.07) is 19.4. The van der Waals surface area contributed by atoms with Crippen LogP contribution < -0.4 is 33.4 Å². The normalized spacial score (nSPS) is 14.5. The van der Waals surface area contributed by atoms with Crippen molar-refractivity contribution >= 4 is 28.7 Å². The van der Waals surface area contributed by atoms with Crippen LogP contribution in [0, 0.1) is 0 Å². The number of anilines is 1. The van der Waals surface area contributed by atoms with Gasteiger partial charge < -0.3 is 28.9 Å². The van der Waals surface area contributed by atoms with Gasteiger partial charge in [-0.2, -0.15) is 4.57 Å². The summed E-state index contributed by atoms with van der Waals surface area (Å²) < 4.78 is 2.28. The van der Waals surface area contributed by atoms with Crippen LogP contribution in [0.2, 0.25) is 0 Å². The summed E-state index contributed by atoms with van der Waals surface area (Å²) >= 11 is 0. The van der Waals surface area contributed by atoms with Crippen LogP contribution in [0.1, 0.15) is 25.0 Å². The number of pyridine rings is 1. The Bertz CT molecular complexity index is 1060. The predicted octanol–water partition coefficient (Wildman–Crippen LogP) is 2.60. The summed E-state index contributed by atoms with van der Waals surface area (Å²) in [5, 5.41) is 1.29. The Hall–Kier alpha value is -2.40.